The Morgan fingerprint density at radius 3 is 2.86 bits per heavy atom. The van der Waals surface area contributed by atoms with Crippen molar-refractivity contribution >= 4 is 23.0 Å². The Morgan fingerprint density at radius 1 is 1.25 bits per heavy atom. The molecule has 0 radical (unpaired) electrons. The molecule has 2 aromatic carbocycles. The van der Waals surface area contributed by atoms with Crippen molar-refractivity contribution in [2.45, 2.75) is 18.9 Å². The number of fused-ring (bicyclic) bond motifs is 1. The molecule has 1 fully saturated rings. The number of aromatic amines is 1. The van der Waals surface area contributed by atoms with Crippen molar-refractivity contribution < 1.29 is 9.53 Å². The van der Waals surface area contributed by atoms with Crippen LogP contribution in [0.15, 0.2) is 67.3 Å². The molecule has 0 spiro atoms. The van der Waals surface area contributed by atoms with Crippen LogP contribution < -0.4 is 4.74 Å². The molecular weight excluding hydrogens is 350 g/mol. The number of aromatic nitrogens is 2. The molecule has 1 atom stereocenters. The quantitative estimate of drug-likeness (QED) is 0.511. The average Bonchev–Trinajstić information content (AvgIpc) is 3.37. The van der Waals surface area contributed by atoms with Gasteiger partial charge in [0, 0.05) is 12.6 Å². The van der Waals surface area contributed by atoms with Crippen LogP contribution in [-0.2, 0) is 4.79 Å². The van der Waals surface area contributed by atoms with Crippen LogP contribution in [0.5, 0.6) is 5.75 Å². The summed E-state index contributed by atoms with van der Waals surface area (Å²) in [5, 5.41) is 0. The van der Waals surface area contributed by atoms with Gasteiger partial charge in [0.15, 0.2) is 0 Å². The smallest absolute Gasteiger partial charge is 0.247 e. The molecule has 28 heavy (non-hydrogen) atoms. The first kappa shape index (κ1) is 18.0. The van der Waals surface area contributed by atoms with Crippen molar-refractivity contribution in [3.05, 3.63) is 78.6 Å². The number of nitrogens with one attached hydrogen (secondary N) is 1. The zero-order valence-corrected chi connectivity index (χ0v) is 15.7. The number of carbonyl (C=O) groups excluding carboxylic acids is 1. The summed E-state index contributed by atoms with van der Waals surface area (Å²) in [6.45, 7) is 4.86. The lowest BCUT2D eigenvalue weighted by Gasteiger charge is -2.21. The number of nitrogens with zero attached hydrogens (tertiary/aromatic N) is 2. The molecule has 142 valence electrons. The molecule has 5 nitrogen and oxygen atoms in total. The van der Waals surface area contributed by atoms with Gasteiger partial charge in [-0.2, -0.15) is 0 Å². The van der Waals surface area contributed by atoms with E-state index < -0.39 is 0 Å². The first-order valence-corrected chi connectivity index (χ1v) is 9.51. The number of carbonyl (C=O) groups is 1. The standard InChI is InChI=1S/C23H23N3O2/c1-2-16-28-18-12-9-17(10-13-18)11-14-22(27)26-15-5-8-21(26)23-24-19-6-3-4-7-20(19)25-23/h2-4,6-7,9-14,21H,1,5,8,15-16H2,(H,24,25)/b14-11+/t21-/m0/s1. The molecule has 1 saturated heterocycles. The Labute approximate surface area is 164 Å². The Kier molecular flexibility index (Phi) is 5.24. The van der Waals surface area contributed by atoms with Crippen molar-refractivity contribution in [3.8, 4) is 5.75 Å². The molecular formula is C23H23N3O2. The van der Waals surface area contributed by atoms with Gasteiger partial charge in [0.2, 0.25) is 5.91 Å². The number of hydrogen-bond acceptors (Lipinski definition) is 3. The second-order valence-electron chi connectivity index (χ2n) is 6.83. The third-order valence-corrected chi connectivity index (χ3v) is 4.93. The number of amides is 1. The van der Waals surface area contributed by atoms with E-state index in [-0.39, 0.29) is 11.9 Å². The highest BCUT2D eigenvalue weighted by Crippen LogP contribution is 2.31. The van der Waals surface area contributed by atoms with Crippen LogP contribution in [0.2, 0.25) is 0 Å². The van der Waals surface area contributed by atoms with Crippen molar-refractivity contribution in [1.82, 2.24) is 14.9 Å². The number of benzene rings is 2. The van der Waals surface area contributed by atoms with Gasteiger partial charge in [0.25, 0.3) is 0 Å². The Morgan fingerprint density at radius 2 is 2.07 bits per heavy atom. The van der Waals surface area contributed by atoms with Crippen molar-refractivity contribution in [1.29, 1.82) is 0 Å². The van der Waals surface area contributed by atoms with E-state index in [2.05, 4.69) is 16.5 Å². The molecule has 5 heteroatoms. The third kappa shape index (κ3) is 3.83. The van der Waals surface area contributed by atoms with Crippen LogP contribution in [0, 0.1) is 0 Å². The summed E-state index contributed by atoms with van der Waals surface area (Å²) in [6.07, 6.45) is 7.10. The van der Waals surface area contributed by atoms with Gasteiger partial charge in [-0.1, -0.05) is 36.9 Å². The van der Waals surface area contributed by atoms with Crippen LogP contribution in [0.3, 0.4) is 0 Å². The van der Waals surface area contributed by atoms with Gasteiger partial charge in [-0.25, -0.2) is 4.98 Å². The SMILES string of the molecule is C=CCOc1ccc(/C=C/C(=O)N2CCC[C@H]2c2nc3ccccc3[nH]2)cc1. The molecule has 1 amide bonds. The number of rotatable bonds is 6. The van der Waals surface area contributed by atoms with E-state index in [4.69, 9.17) is 4.74 Å². The molecule has 0 aliphatic carbocycles. The average molecular weight is 373 g/mol. The first-order valence-electron chi connectivity index (χ1n) is 9.51. The highest BCUT2D eigenvalue weighted by atomic mass is 16.5. The predicted octanol–water partition coefficient (Wildman–Crippen LogP) is 4.50. The van der Waals surface area contributed by atoms with E-state index in [1.54, 1.807) is 12.2 Å². The van der Waals surface area contributed by atoms with Gasteiger partial charge in [-0.15, -0.1) is 0 Å². The van der Waals surface area contributed by atoms with Crippen LogP contribution in [-0.4, -0.2) is 33.9 Å². The topological polar surface area (TPSA) is 58.2 Å². The maximum absolute atomic E-state index is 12.8. The number of hydrogen-bond donors (Lipinski definition) is 1. The molecule has 0 bridgehead atoms. The predicted molar refractivity (Wildman–Crippen MR) is 111 cm³/mol. The second-order valence-corrected chi connectivity index (χ2v) is 6.83. The first-order chi connectivity index (χ1) is 13.7. The summed E-state index contributed by atoms with van der Waals surface area (Å²) in [5.74, 6) is 1.66. The fourth-order valence-corrected chi connectivity index (χ4v) is 3.54. The summed E-state index contributed by atoms with van der Waals surface area (Å²) in [6, 6.07) is 15.6. The minimum Gasteiger partial charge on any atom is -0.490 e. The zero-order valence-electron chi connectivity index (χ0n) is 15.7. The second kappa shape index (κ2) is 8.13. The minimum absolute atomic E-state index is 0.000714. The highest BCUT2D eigenvalue weighted by molar-refractivity contribution is 5.92. The molecule has 0 saturated carbocycles. The molecule has 1 aromatic heterocycles. The summed E-state index contributed by atoms with van der Waals surface area (Å²) >= 11 is 0. The minimum atomic E-state index is -0.000714. The van der Waals surface area contributed by atoms with E-state index in [1.165, 1.54) is 0 Å². The van der Waals surface area contributed by atoms with E-state index in [9.17, 15) is 4.79 Å². The number of H-pyrrole nitrogens is 1. The maximum atomic E-state index is 12.8. The molecule has 1 N–H and O–H groups in total. The molecule has 2 heterocycles. The molecule has 3 aromatic rings. The van der Waals surface area contributed by atoms with Crippen molar-refractivity contribution in [2.24, 2.45) is 0 Å². The Bertz CT molecular complexity index is 971. The fourth-order valence-electron chi connectivity index (χ4n) is 3.54. The summed E-state index contributed by atoms with van der Waals surface area (Å²) in [7, 11) is 0. The number of imidazole rings is 1. The number of para-hydroxylation sites is 2. The Balaban J connectivity index is 1.46. The number of ether oxygens (including phenoxy) is 1. The van der Waals surface area contributed by atoms with Crippen LogP contribution in [0.25, 0.3) is 17.1 Å². The molecule has 1 aliphatic rings. The van der Waals surface area contributed by atoms with Crippen LogP contribution >= 0.6 is 0 Å². The van der Waals surface area contributed by atoms with Gasteiger partial charge >= 0.3 is 0 Å². The largest absolute Gasteiger partial charge is 0.490 e. The lowest BCUT2D eigenvalue weighted by atomic mass is 10.2. The van der Waals surface area contributed by atoms with Crippen LogP contribution in [0.1, 0.15) is 30.3 Å². The van der Waals surface area contributed by atoms with Gasteiger partial charge < -0.3 is 14.6 Å². The summed E-state index contributed by atoms with van der Waals surface area (Å²) in [5.41, 5.74) is 2.90. The van der Waals surface area contributed by atoms with Crippen molar-refractivity contribution in [3.63, 3.8) is 0 Å². The lowest BCUT2D eigenvalue weighted by molar-refractivity contribution is -0.126. The zero-order chi connectivity index (χ0) is 19.3. The van der Waals surface area contributed by atoms with E-state index in [0.717, 1.165) is 47.6 Å². The fraction of sp³-hybridized carbons (Fsp3) is 0.217. The molecule has 4 rings (SSSR count). The maximum Gasteiger partial charge on any atom is 0.247 e. The van der Waals surface area contributed by atoms with Crippen LogP contribution in [0.4, 0.5) is 0 Å². The van der Waals surface area contributed by atoms with Gasteiger partial charge in [0.1, 0.15) is 18.2 Å². The van der Waals surface area contributed by atoms with E-state index in [0.29, 0.717) is 6.61 Å². The number of likely N-dealkylation sites (tertiary alicyclic amines) is 1. The van der Waals surface area contributed by atoms with E-state index in [1.807, 2.05) is 59.5 Å². The normalized spacial score (nSPS) is 16.7. The summed E-state index contributed by atoms with van der Waals surface area (Å²) in [4.78, 5) is 22.7. The van der Waals surface area contributed by atoms with Gasteiger partial charge in [0.05, 0.1) is 17.1 Å². The van der Waals surface area contributed by atoms with E-state index >= 15 is 0 Å². The monoisotopic (exact) mass is 373 g/mol. The highest BCUT2D eigenvalue weighted by Gasteiger charge is 2.30. The van der Waals surface area contributed by atoms with Gasteiger partial charge in [-0.3, -0.25) is 4.79 Å². The molecule has 1 aliphatic heterocycles. The summed E-state index contributed by atoms with van der Waals surface area (Å²) < 4.78 is 5.48. The lowest BCUT2D eigenvalue weighted by Crippen LogP contribution is -2.29. The third-order valence-electron chi connectivity index (χ3n) is 4.93. The molecule has 0 unspecified atom stereocenters. The van der Waals surface area contributed by atoms with Gasteiger partial charge in [-0.05, 0) is 48.7 Å². The van der Waals surface area contributed by atoms with Crippen molar-refractivity contribution in [2.75, 3.05) is 13.2 Å². The Hall–Kier alpha value is -3.34.